The molecule has 1 aromatic rings. The number of nitrogens with one attached hydrogen (secondary N) is 2. The molecule has 2 N–H and O–H groups in total. The molecule has 7 heteroatoms. The van der Waals surface area contributed by atoms with E-state index in [4.69, 9.17) is 16.3 Å². The molecule has 3 saturated carbocycles. The minimum absolute atomic E-state index is 0.0207. The fraction of sp³-hybridized carbons (Fsp3) is 0.619. The molecular weight excluding hydrogens is 378 g/mol. The number of carbonyl (C=O) groups excluding carboxylic acids is 2. The van der Waals surface area contributed by atoms with Crippen LogP contribution >= 0.6 is 11.6 Å². The van der Waals surface area contributed by atoms with Crippen LogP contribution in [0, 0.1) is 11.8 Å². The van der Waals surface area contributed by atoms with Gasteiger partial charge in [0.25, 0.3) is 5.91 Å². The first-order valence-electron chi connectivity index (χ1n) is 10.1. The van der Waals surface area contributed by atoms with Crippen molar-refractivity contribution in [3.63, 3.8) is 0 Å². The minimum atomic E-state index is -0.127. The van der Waals surface area contributed by atoms with Crippen molar-refractivity contribution in [1.82, 2.24) is 15.5 Å². The Labute approximate surface area is 171 Å². The molecule has 3 aliphatic rings. The highest BCUT2D eigenvalue weighted by atomic mass is 35.5. The van der Waals surface area contributed by atoms with E-state index in [1.165, 1.54) is 0 Å². The monoisotopic (exact) mass is 407 g/mol. The van der Waals surface area contributed by atoms with E-state index in [1.54, 1.807) is 24.3 Å². The Balaban J connectivity index is 1.43. The van der Waals surface area contributed by atoms with Crippen LogP contribution in [0.3, 0.4) is 0 Å². The van der Waals surface area contributed by atoms with Gasteiger partial charge in [0.15, 0.2) is 6.61 Å². The Hall–Kier alpha value is -1.79. The third-order valence-electron chi connectivity index (χ3n) is 5.75. The minimum Gasteiger partial charge on any atom is -0.484 e. The van der Waals surface area contributed by atoms with Gasteiger partial charge in [-0.1, -0.05) is 18.5 Å². The van der Waals surface area contributed by atoms with Gasteiger partial charge in [-0.3, -0.25) is 14.5 Å². The van der Waals surface area contributed by atoms with Crippen molar-refractivity contribution in [2.24, 2.45) is 11.8 Å². The summed E-state index contributed by atoms with van der Waals surface area (Å²) in [6.45, 7) is 3.42. The number of rotatable bonds is 9. The van der Waals surface area contributed by atoms with Crippen molar-refractivity contribution >= 4 is 23.4 Å². The lowest BCUT2D eigenvalue weighted by atomic mass is 9.60. The van der Waals surface area contributed by atoms with Crippen molar-refractivity contribution in [2.75, 3.05) is 26.7 Å². The maximum Gasteiger partial charge on any atom is 0.258 e. The van der Waals surface area contributed by atoms with Crippen LogP contribution in [0.4, 0.5) is 0 Å². The van der Waals surface area contributed by atoms with E-state index in [1.807, 2.05) is 11.9 Å². The predicted molar refractivity (Wildman–Crippen MR) is 109 cm³/mol. The number of hydrogen-bond donors (Lipinski definition) is 2. The second-order valence-electron chi connectivity index (χ2n) is 8.06. The van der Waals surface area contributed by atoms with Crippen molar-refractivity contribution in [1.29, 1.82) is 0 Å². The van der Waals surface area contributed by atoms with E-state index in [0.717, 1.165) is 32.2 Å². The zero-order valence-electron chi connectivity index (χ0n) is 16.6. The molecule has 154 valence electrons. The Bertz CT molecular complexity index is 676. The number of ether oxygens (including phenoxy) is 1. The van der Waals surface area contributed by atoms with E-state index < -0.39 is 0 Å². The average molecular weight is 408 g/mol. The largest absolute Gasteiger partial charge is 0.484 e. The molecule has 3 fully saturated rings. The molecule has 3 aliphatic carbocycles. The van der Waals surface area contributed by atoms with E-state index in [2.05, 4.69) is 17.6 Å². The molecule has 0 aromatic heterocycles. The van der Waals surface area contributed by atoms with E-state index in [-0.39, 0.29) is 30.5 Å². The molecule has 2 atom stereocenters. The fourth-order valence-corrected chi connectivity index (χ4v) is 4.39. The van der Waals surface area contributed by atoms with Crippen LogP contribution in [-0.4, -0.2) is 55.5 Å². The molecule has 2 bridgehead atoms. The number of benzene rings is 1. The Morgan fingerprint density at radius 1 is 1.07 bits per heavy atom. The van der Waals surface area contributed by atoms with Crippen LogP contribution < -0.4 is 15.4 Å². The molecule has 0 aliphatic heterocycles. The summed E-state index contributed by atoms with van der Waals surface area (Å²) in [5.74, 6) is 1.62. The smallest absolute Gasteiger partial charge is 0.258 e. The quantitative estimate of drug-likeness (QED) is 0.659. The van der Waals surface area contributed by atoms with E-state index in [0.29, 0.717) is 29.2 Å². The summed E-state index contributed by atoms with van der Waals surface area (Å²) in [6, 6.07) is 7.20. The highest BCUT2D eigenvalue weighted by molar-refractivity contribution is 6.30. The van der Waals surface area contributed by atoms with E-state index >= 15 is 0 Å². The summed E-state index contributed by atoms with van der Waals surface area (Å²) < 4.78 is 5.52. The van der Waals surface area contributed by atoms with Gasteiger partial charge in [-0.25, -0.2) is 0 Å². The van der Waals surface area contributed by atoms with Gasteiger partial charge in [0.05, 0.1) is 6.54 Å². The highest BCUT2D eigenvalue weighted by Gasteiger charge is 2.46. The lowest BCUT2D eigenvalue weighted by Crippen LogP contribution is -2.60. The Morgan fingerprint density at radius 3 is 2.29 bits per heavy atom. The van der Waals surface area contributed by atoms with Gasteiger partial charge < -0.3 is 15.4 Å². The van der Waals surface area contributed by atoms with Crippen molar-refractivity contribution in [2.45, 2.75) is 44.7 Å². The summed E-state index contributed by atoms with van der Waals surface area (Å²) in [5.41, 5.74) is 0. The summed E-state index contributed by atoms with van der Waals surface area (Å²) in [6.07, 6.45) is 3.96. The molecule has 4 rings (SSSR count). The van der Waals surface area contributed by atoms with Crippen molar-refractivity contribution < 1.29 is 14.3 Å². The van der Waals surface area contributed by atoms with Gasteiger partial charge in [0.1, 0.15) is 5.75 Å². The van der Waals surface area contributed by atoms with E-state index in [9.17, 15) is 9.59 Å². The Kier molecular flexibility index (Phi) is 7.18. The van der Waals surface area contributed by atoms with Gasteiger partial charge in [0, 0.05) is 17.1 Å². The first-order chi connectivity index (χ1) is 13.4. The van der Waals surface area contributed by atoms with Gasteiger partial charge in [-0.15, -0.1) is 0 Å². The van der Waals surface area contributed by atoms with Crippen LogP contribution in [0.5, 0.6) is 5.75 Å². The summed E-state index contributed by atoms with van der Waals surface area (Å²) in [7, 11) is 1.97. The third kappa shape index (κ3) is 5.61. The van der Waals surface area contributed by atoms with Crippen LogP contribution in [-0.2, 0) is 9.59 Å². The summed E-state index contributed by atoms with van der Waals surface area (Å²) >= 11 is 5.85. The molecule has 0 heterocycles. The molecule has 28 heavy (non-hydrogen) atoms. The maximum absolute atomic E-state index is 12.3. The van der Waals surface area contributed by atoms with Gasteiger partial charge in [-0.05, 0) is 75.4 Å². The zero-order chi connectivity index (χ0) is 20.1. The molecule has 1 aromatic carbocycles. The molecule has 0 radical (unpaired) electrons. The SMILES string of the molecule is CCCN(C)CC(=O)N[C@H]1CC(NC(=O)COc2ccc(Cl)cc2)C2CC1C2. The maximum atomic E-state index is 12.3. The van der Waals surface area contributed by atoms with Gasteiger partial charge in [0.2, 0.25) is 5.91 Å². The first-order valence-corrected chi connectivity index (χ1v) is 10.5. The summed E-state index contributed by atoms with van der Waals surface area (Å²) in [4.78, 5) is 26.6. The molecule has 0 saturated heterocycles. The second-order valence-corrected chi connectivity index (χ2v) is 8.49. The van der Waals surface area contributed by atoms with Gasteiger partial charge in [-0.2, -0.15) is 0 Å². The molecule has 1 unspecified atom stereocenters. The van der Waals surface area contributed by atoms with Crippen LogP contribution in [0.25, 0.3) is 0 Å². The zero-order valence-corrected chi connectivity index (χ0v) is 17.4. The lowest BCUT2D eigenvalue weighted by Gasteiger charge is -2.51. The molecular formula is C21H30ClN3O3. The number of likely N-dealkylation sites (N-methyl/N-ethyl adjacent to an activating group) is 1. The summed E-state index contributed by atoms with van der Waals surface area (Å²) in [5, 5.41) is 6.92. The van der Waals surface area contributed by atoms with Crippen LogP contribution in [0.2, 0.25) is 5.02 Å². The number of carbonyl (C=O) groups is 2. The van der Waals surface area contributed by atoms with Crippen molar-refractivity contribution in [3.05, 3.63) is 29.3 Å². The van der Waals surface area contributed by atoms with Crippen LogP contribution in [0.15, 0.2) is 24.3 Å². The number of fused-ring (bicyclic) bond motifs is 2. The third-order valence-corrected chi connectivity index (χ3v) is 6.00. The van der Waals surface area contributed by atoms with Crippen molar-refractivity contribution in [3.8, 4) is 5.75 Å². The Morgan fingerprint density at radius 2 is 1.68 bits per heavy atom. The average Bonchev–Trinajstić information content (AvgIpc) is 2.60. The molecule has 2 amide bonds. The van der Waals surface area contributed by atoms with Crippen LogP contribution in [0.1, 0.15) is 32.6 Å². The number of halogens is 1. The molecule has 6 nitrogen and oxygen atoms in total. The topological polar surface area (TPSA) is 70.7 Å². The standard InChI is InChI=1S/C21H30ClN3O3/c1-3-8-25(2)12-20(26)23-18-11-19(15-9-14(18)10-15)24-21(27)13-28-17-6-4-16(22)5-7-17/h4-7,14-15,18-19H,3,8-13H2,1-2H3,(H,23,26)(H,24,27)/t14?,15?,18-,19?/m0/s1. The predicted octanol–water partition coefficient (Wildman–Crippen LogP) is 2.46. The highest BCUT2D eigenvalue weighted by Crippen LogP contribution is 2.45. The number of nitrogens with zero attached hydrogens (tertiary/aromatic N) is 1. The van der Waals surface area contributed by atoms with Gasteiger partial charge >= 0.3 is 0 Å². The number of amides is 2. The fourth-order valence-electron chi connectivity index (χ4n) is 4.26. The first kappa shape index (κ1) is 20.9. The second kappa shape index (κ2) is 9.61. The normalized spacial score (nSPS) is 25.7. The lowest BCUT2D eigenvalue weighted by molar-refractivity contribution is -0.126. The molecule has 0 spiro atoms. The number of hydrogen-bond acceptors (Lipinski definition) is 4.